The summed E-state index contributed by atoms with van der Waals surface area (Å²) in [6.45, 7) is 12.3. The molecule has 0 saturated carbocycles. The molecule has 1 aliphatic heterocycles. The predicted molar refractivity (Wildman–Crippen MR) is 87.3 cm³/mol. The van der Waals surface area contributed by atoms with Crippen LogP contribution in [0.1, 0.15) is 19.4 Å². The number of carbonyl (C=O) groups excluding carboxylic acids is 1. The molecule has 1 aromatic rings. The van der Waals surface area contributed by atoms with Gasteiger partial charge in [-0.15, -0.1) is 13.2 Å². The molecule has 118 valence electrons. The van der Waals surface area contributed by atoms with E-state index in [0.29, 0.717) is 18.8 Å². The van der Waals surface area contributed by atoms with Crippen molar-refractivity contribution in [3.63, 3.8) is 0 Å². The van der Waals surface area contributed by atoms with Gasteiger partial charge in [0.2, 0.25) is 0 Å². The quantitative estimate of drug-likeness (QED) is 0.727. The zero-order valence-electron chi connectivity index (χ0n) is 13.3. The summed E-state index contributed by atoms with van der Waals surface area (Å²) in [5.41, 5.74) is 0.882. The molecular formula is C18H23NO3. The molecular weight excluding hydrogens is 278 g/mol. The summed E-state index contributed by atoms with van der Waals surface area (Å²) in [5.74, 6) is 1.27. The molecule has 22 heavy (non-hydrogen) atoms. The first-order chi connectivity index (χ1) is 10.5. The molecule has 0 bridgehead atoms. The molecule has 0 saturated heterocycles. The summed E-state index contributed by atoms with van der Waals surface area (Å²) in [4.78, 5) is 13.8. The van der Waals surface area contributed by atoms with Crippen LogP contribution in [0.5, 0.6) is 11.5 Å². The van der Waals surface area contributed by atoms with Gasteiger partial charge in [0.1, 0.15) is 5.60 Å². The van der Waals surface area contributed by atoms with Crippen LogP contribution in [0.4, 0.5) is 0 Å². The van der Waals surface area contributed by atoms with Crippen molar-refractivity contribution in [2.24, 2.45) is 0 Å². The van der Waals surface area contributed by atoms with E-state index in [4.69, 9.17) is 9.47 Å². The van der Waals surface area contributed by atoms with Crippen LogP contribution in [-0.2, 0) is 11.2 Å². The molecule has 0 unspecified atom stereocenters. The Kier molecular flexibility index (Phi) is 4.91. The number of carbonyl (C=O) groups is 1. The van der Waals surface area contributed by atoms with Crippen molar-refractivity contribution in [2.45, 2.75) is 25.9 Å². The first-order valence-electron chi connectivity index (χ1n) is 7.40. The lowest BCUT2D eigenvalue weighted by molar-refractivity contribution is -0.132. The lowest BCUT2D eigenvalue weighted by Gasteiger charge is -2.20. The smallest absolute Gasteiger partial charge is 0.261 e. The van der Waals surface area contributed by atoms with Crippen molar-refractivity contribution >= 4 is 5.91 Å². The van der Waals surface area contributed by atoms with Crippen molar-refractivity contribution in [2.75, 3.05) is 19.7 Å². The maximum absolute atomic E-state index is 12.2. The third-order valence-electron chi connectivity index (χ3n) is 3.46. The molecule has 0 N–H and O–H groups in total. The molecule has 0 aliphatic carbocycles. The number of hydrogen-bond donors (Lipinski definition) is 0. The Morgan fingerprint density at radius 1 is 1.36 bits per heavy atom. The number of ether oxygens (including phenoxy) is 2. The zero-order chi connectivity index (χ0) is 16.2. The Morgan fingerprint density at radius 2 is 2.05 bits per heavy atom. The fraction of sp³-hybridized carbons (Fsp3) is 0.389. The van der Waals surface area contributed by atoms with E-state index in [2.05, 4.69) is 13.2 Å². The highest BCUT2D eigenvalue weighted by atomic mass is 16.5. The van der Waals surface area contributed by atoms with Gasteiger partial charge in [-0.3, -0.25) is 4.79 Å². The number of nitrogens with zero attached hydrogens (tertiary/aromatic N) is 1. The third-order valence-corrected chi connectivity index (χ3v) is 3.46. The minimum absolute atomic E-state index is 0.0259. The Morgan fingerprint density at radius 3 is 2.68 bits per heavy atom. The average Bonchev–Trinajstić information content (AvgIpc) is 2.78. The zero-order valence-corrected chi connectivity index (χ0v) is 13.3. The van der Waals surface area contributed by atoms with Crippen LogP contribution in [0, 0.1) is 0 Å². The van der Waals surface area contributed by atoms with Gasteiger partial charge in [0.15, 0.2) is 18.1 Å². The minimum atomic E-state index is -0.233. The van der Waals surface area contributed by atoms with E-state index in [1.807, 2.05) is 32.0 Å². The van der Waals surface area contributed by atoms with E-state index >= 15 is 0 Å². The average molecular weight is 301 g/mol. The van der Waals surface area contributed by atoms with Crippen LogP contribution in [0.25, 0.3) is 0 Å². The molecule has 1 aromatic carbocycles. The molecule has 1 aliphatic rings. The fourth-order valence-corrected chi connectivity index (χ4v) is 2.52. The molecule has 0 radical (unpaired) electrons. The number of amides is 1. The van der Waals surface area contributed by atoms with Crippen LogP contribution >= 0.6 is 0 Å². The summed E-state index contributed by atoms with van der Waals surface area (Å²) in [7, 11) is 0. The summed E-state index contributed by atoms with van der Waals surface area (Å²) in [5, 5.41) is 0. The molecule has 0 spiro atoms. The standard InChI is InChI=1S/C18H23NO3/c1-5-10-19(11-6-2)16(20)13-21-15-9-7-8-14-12-18(3,4)22-17(14)15/h5-9H,1-2,10-13H2,3-4H3. The lowest BCUT2D eigenvalue weighted by atomic mass is 10.0. The van der Waals surface area contributed by atoms with Crippen molar-refractivity contribution in [1.29, 1.82) is 0 Å². The van der Waals surface area contributed by atoms with Gasteiger partial charge in [-0.05, 0) is 19.9 Å². The SMILES string of the molecule is C=CCN(CC=C)C(=O)COc1cccc2c1OC(C)(C)C2. The van der Waals surface area contributed by atoms with Gasteiger partial charge in [-0.25, -0.2) is 0 Å². The molecule has 0 atom stereocenters. The first kappa shape index (κ1) is 16.1. The minimum Gasteiger partial charge on any atom is -0.483 e. The van der Waals surface area contributed by atoms with Gasteiger partial charge < -0.3 is 14.4 Å². The Hall–Kier alpha value is -2.23. The molecule has 1 heterocycles. The summed E-state index contributed by atoms with van der Waals surface area (Å²) >= 11 is 0. The molecule has 4 nitrogen and oxygen atoms in total. The molecule has 0 aromatic heterocycles. The van der Waals surface area contributed by atoms with Crippen LogP contribution in [-0.4, -0.2) is 36.1 Å². The van der Waals surface area contributed by atoms with Crippen LogP contribution in [0.3, 0.4) is 0 Å². The van der Waals surface area contributed by atoms with Crippen molar-refractivity contribution in [3.05, 3.63) is 49.1 Å². The third kappa shape index (κ3) is 3.70. The van der Waals surface area contributed by atoms with E-state index in [9.17, 15) is 4.79 Å². The normalized spacial score (nSPS) is 14.6. The van der Waals surface area contributed by atoms with Crippen molar-refractivity contribution in [3.8, 4) is 11.5 Å². The number of rotatable bonds is 7. The number of para-hydroxylation sites is 1. The monoisotopic (exact) mass is 301 g/mol. The van der Waals surface area contributed by atoms with Gasteiger partial charge >= 0.3 is 0 Å². The summed E-state index contributed by atoms with van der Waals surface area (Å²) < 4.78 is 11.6. The highest BCUT2D eigenvalue weighted by Gasteiger charge is 2.32. The number of fused-ring (bicyclic) bond motifs is 1. The summed E-state index contributed by atoms with van der Waals surface area (Å²) in [6, 6.07) is 5.79. The second-order valence-corrected chi connectivity index (χ2v) is 5.95. The number of benzene rings is 1. The first-order valence-corrected chi connectivity index (χ1v) is 7.40. The van der Waals surface area contributed by atoms with E-state index in [-0.39, 0.29) is 18.1 Å². The highest BCUT2D eigenvalue weighted by molar-refractivity contribution is 5.78. The van der Waals surface area contributed by atoms with Crippen LogP contribution < -0.4 is 9.47 Å². The second kappa shape index (κ2) is 6.69. The van der Waals surface area contributed by atoms with E-state index in [0.717, 1.165) is 17.7 Å². The maximum atomic E-state index is 12.2. The molecule has 0 fully saturated rings. The van der Waals surface area contributed by atoms with Crippen LogP contribution in [0.15, 0.2) is 43.5 Å². The topological polar surface area (TPSA) is 38.8 Å². The lowest BCUT2D eigenvalue weighted by Crippen LogP contribution is -2.35. The summed E-state index contributed by atoms with van der Waals surface area (Å²) in [6.07, 6.45) is 4.22. The van der Waals surface area contributed by atoms with Crippen LogP contribution in [0.2, 0.25) is 0 Å². The van der Waals surface area contributed by atoms with Gasteiger partial charge in [0, 0.05) is 25.1 Å². The molecule has 2 rings (SSSR count). The Bertz CT molecular complexity index is 568. The van der Waals surface area contributed by atoms with E-state index < -0.39 is 0 Å². The van der Waals surface area contributed by atoms with Gasteiger partial charge in [0.25, 0.3) is 5.91 Å². The number of hydrogen-bond acceptors (Lipinski definition) is 3. The van der Waals surface area contributed by atoms with E-state index in [1.165, 1.54) is 0 Å². The highest BCUT2D eigenvalue weighted by Crippen LogP contribution is 2.41. The second-order valence-electron chi connectivity index (χ2n) is 5.95. The van der Waals surface area contributed by atoms with Gasteiger partial charge in [-0.2, -0.15) is 0 Å². The van der Waals surface area contributed by atoms with Crippen molar-refractivity contribution < 1.29 is 14.3 Å². The van der Waals surface area contributed by atoms with Gasteiger partial charge in [-0.1, -0.05) is 24.3 Å². The van der Waals surface area contributed by atoms with E-state index in [1.54, 1.807) is 17.1 Å². The molecule has 1 amide bonds. The Balaban J connectivity index is 2.04. The fourth-order valence-electron chi connectivity index (χ4n) is 2.52. The largest absolute Gasteiger partial charge is 0.483 e. The van der Waals surface area contributed by atoms with Crippen molar-refractivity contribution in [1.82, 2.24) is 4.90 Å². The predicted octanol–water partition coefficient (Wildman–Crippen LogP) is 2.98. The maximum Gasteiger partial charge on any atom is 0.261 e. The van der Waals surface area contributed by atoms with Gasteiger partial charge in [0.05, 0.1) is 0 Å². The Labute approximate surface area is 132 Å². The molecule has 4 heteroatoms.